The molecule has 1 N–H and O–H groups in total. The zero-order valence-corrected chi connectivity index (χ0v) is 12.9. The number of rotatable bonds is 7. The molecule has 2 rings (SSSR count). The molecule has 0 bridgehead atoms. The summed E-state index contributed by atoms with van der Waals surface area (Å²) in [6.45, 7) is 5.31. The smallest absolute Gasteiger partial charge is 0.174 e. The fourth-order valence-corrected chi connectivity index (χ4v) is 2.05. The topological polar surface area (TPSA) is 47.3 Å². The van der Waals surface area contributed by atoms with Crippen LogP contribution in [0.5, 0.6) is 5.75 Å². The Balaban J connectivity index is 1.84. The van der Waals surface area contributed by atoms with E-state index in [2.05, 4.69) is 30.6 Å². The van der Waals surface area contributed by atoms with Gasteiger partial charge in [0.05, 0.1) is 5.69 Å². The summed E-state index contributed by atoms with van der Waals surface area (Å²) in [5.41, 5.74) is 0.898. The van der Waals surface area contributed by atoms with E-state index in [-0.39, 0.29) is 0 Å². The van der Waals surface area contributed by atoms with Crippen molar-refractivity contribution >= 4 is 11.8 Å². The maximum Gasteiger partial charge on any atom is 0.174 e. The van der Waals surface area contributed by atoms with E-state index in [1.807, 2.05) is 30.3 Å². The molecule has 0 amide bonds. The lowest BCUT2D eigenvalue weighted by molar-refractivity contribution is 0.248. The first-order valence-electron chi connectivity index (χ1n) is 6.62. The van der Waals surface area contributed by atoms with Gasteiger partial charge in [-0.2, -0.15) is 0 Å². The van der Waals surface area contributed by atoms with Gasteiger partial charge in [0.2, 0.25) is 0 Å². The summed E-state index contributed by atoms with van der Waals surface area (Å²) >= 11 is 1.71. The van der Waals surface area contributed by atoms with E-state index in [0.717, 1.165) is 17.2 Å². The molecule has 1 heterocycles. The van der Waals surface area contributed by atoms with E-state index in [1.165, 1.54) is 4.90 Å². The van der Waals surface area contributed by atoms with Crippen molar-refractivity contribution in [3.05, 3.63) is 41.8 Å². The van der Waals surface area contributed by atoms with Crippen LogP contribution in [0.2, 0.25) is 0 Å². The zero-order chi connectivity index (χ0) is 14.4. The van der Waals surface area contributed by atoms with Crippen LogP contribution in [0.3, 0.4) is 0 Å². The van der Waals surface area contributed by atoms with Crippen molar-refractivity contribution in [3.63, 3.8) is 0 Å². The SMILES string of the molecule is CSc1ccc(OCc2cc(CNC(C)C)no2)cc1. The van der Waals surface area contributed by atoms with E-state index in [1.54, 1.807) is 11.8 Å². The van der Waals surface area contributed by atoms with Crippen LogP contribution >= 0.6 is 11.8 Å². The molecule has 0 fully saturated rings. The van der Waals surface area contributed by atoms with Gasteiger partial charge in [-0.3, -0.25) is 0 Å². The summed E-state index contributed by atoms with van der Waals surface area (Å²) in [7, 11) is 0. The summed E-state index contributed by atoms with van der Waals surface area (Å²) in [6.07, 6.45) is 2.05. The Hall–Kier alpha value is -1.46. The molecular weight excluding hydrogens is 272 g/mol. The van der Waals surface area contributed by atoms with Crippen molar-refractivity contribution in [2.24, 2.45) is 0 Å². The van der Waals surface area contributed by atoms with Gasteiger partial charge in [0, 0.05) is 23.5 Å². The maximum atomic E-state index is 5.67. The molecule has 1 aromatic heterocycles. The normalized spacial score (nSPS) is 11.0. The Morgan fingerprint density at radius 1 is 1.30 bits per heavy atom. The first-order chi connectivity index (χ1) is 9.67. The summed E-state index contributed by atoms with van der Waals surface area (Å²) in [4.78, 5) is 1.22. The van der Waals surface area contributed by atoms with Crippen molar-refractivity contribution in [3.8, 4) is 5.75 Å². The Labute approximate surface area is 123 Å². The molecule has 2 aromatic rings. The van der Waals surface area contributed by atoms with Crippen LogP contribution in [0.4, 0.5) is 0 Å². The molecule has 5 heteroatoms. The highest BCUT2D eigenvalue weighted by molar-refractivity contribution is 7.98. The number of nitrogens with zero attached hydrogens (tertiary/aromatic N) is 1. The van der Waals surface area contributed by atoms with Gasteiger partial charge in [-0.25, -0.2) is 0 Å². The quantitative estimate of drug-likeness (QED) is 0.792. The first-order valence-corrected chi connectivity index (χ1v) is 7.84. The van der Waals surface area contributed by atoms with E-state index in [0.29, 0.717) is 19.2 Å². The number of benzene rings is 1. The van der Waals surface area contributed by atoms with Crippen molar-refractivity contribution in [2.45, 2.75) is 37.9 Å². The fourth-order valence-electron chi connectivity index (χ4n) is 1.64. The Kier molecular flexibility index (Phi) is 5.49. The molecule has 0 unspecified atom stereocenters. The molecule has 0 atom stereocenters. The van der Waals surface area contributed by atoms with Gasteiger partial charge >= 0.3 is 0 Å². The highest BCUT2D eigenvalue weighted by Crippen LogP contribution is 2.19. The second-order valence-electron chi connectivity index (χ2n) is 4.78. The minimum Gasteiger partial charge on any atom is -0.486 e. The Morgan fingerprint density at radius 3 is 2.70 bits per heavy atom. The van der Waals surface area contributed by atoms with E-state index < -0.39 is 0 Å². The molecule has 0 spiro atoms. The molecule has 0 aliphatic carbocycles. The lowest BCUT2D eigenvalue weighted by Gasteiger charge is -2.04. The average Bonchev–Trinajstić information content (AvgIpc) is 2.91. The van der Waals surface area contributed by atoms with Gasteiger partial charge in [0.25, 0.3) is 0 Å². The van der Waals surface area contributed by atoms with Crippen LogP contribution in [-0.2, 0) is 13.2 Å². The molecule has 1 aromatic carbocycles. The Bertz CT molecular complexity index is 523. The number of hydrogen-bond donors (Lipinski definition) is 1. The van der Waals surface area contributed by atoms with E-state index in [4.69, 9.17) is 9.26 Å². The van der Waals surface area contributed by atoms with Crippen molar-refractivity contribution in [1.29, 1.82) is 0 Å². The number of hydrogen-bond acceptors (Lipinski definition) is 5. The standard InChI is InChI=1S/C15H20N2O2S/c1-11(2)16-9-12-8-14(19-17-12)10-18-13-4-6-15(20-3)7-5-13/h4-8,11,16H,9-10H2,1-3H3. The van der Waals surface area contributed by atoms with Gasteiger partial charge in [-0.15, -0.1) is 11.8 Å². The first kappa shape index (κ1) is 14.9. The number of thioether (sulfide) groups is 1. The number of nitrogens with one attached hydrogen (secondary N) is 1. The number of aromatic nitrogens is 1. The van der Waals surface area contributed by atoms with Crippen LogP contribution in [0.1, 0.15) is 25.3 Å². The van der Waals surface area contributed by atoms with Crippen molar-refractivity contribution in [2.75, 3.05) is 6.26 Å². The van der Waals surface area contributed by atoms with Crippen LogP contribution < -0.4 is 10.1 Å². The molecule has 0 saturated carbocycles. The van der Waals surface area contributed by atoms with Crippen LogP contribution in [0, 0.1) is 0 Å². The molecule has 4 nitrogen and oxygen atoms in total. The van der Waals surface area contributed by atoms with Crippen LogP contribution in [0.25, 0.3) is 0 Å². The maximum absolute atomic E-state index is 5.67. The van der Waals surface area contributed by atoms with E-state index in [9.17, 15) is 0 Å². The minimum absolute atomic E-state index is 0.396. The largest absolute Gasteiger partial charge is 0.486 e. The summed E-state index contributed by atoms with van der Waals surface area (Å²) < 4.78 is 10.9. The highest BCUT2D eigenvalue weighted by atomic mass is 32.2. The van der Waals surface area contributed by atoms with Crippen molar-refractivity contribution < 1.29 is 9.26 Å². The molecule has 20 heavy (non-hydrogen) atoms. The predicted octanol–water partition coefficient (Wildman–Crippen LogP) is 3.47. The van der Waals surface area contributed by atoms with Gasteiger partial charge in [0.1, 0.15) is 12.4 Å². The summed E-state index contributed by atoms with van der Waals surface area (Å²) in [5.74, 6) is 1.57. The second kappa shape index (κ2) is 7.36. The summed E-state index contributed by atoms with van der Waals surface area (Å²) in [6, 6.07) is 10.4. The van der Waals surface area contributed by atoms with Gasteiger partial charge < -0.3 is 14.6 Å². The van der Waals surface area contributed by atoms with Crippen molar-refractivity contribution in [1.82, 2.24) is 10.5 Å². The lowest BCUT2D eigenvalue weighted by Crippen LogP contribution is -2.21. The van der Waals surface area contributed by atoms with Crippen LogP contribution in [0.15, 0.2) is 39.8 Å². The fraction of sp³-hybridized carbons (Fsp3) is 0.400. The molecule has 108 valence electrons. The lowest BCUT2D eigenvalue weighted by atomic mass is 10.3. The second-order valence-corrected chi connectivity index (χ2v) is 5.66. The van der Waals surface area contributed by atoms with E-state index >= 15 is 0 Å². The third-order valence-electron chi connectivity index (χ3n) is 2.74. The van der Waals surface area contributed by atoms with Crippen LogP contribution in [-0.4, -0.2) is 17.5 Å². The molecule has 0 saturated heterocycles. The Morgan fingerprint density at radius 2 is 2.05 bits per heavy atom. The molecular formula is C15H20N2O2S. The third-order valence-corrected chi connectivity index (χ3v) is 3.48. The van der Waals surface area contributed by atoms with Gasteiger partial charge in [-0.05, 0) is 30.5 Å². The van der Waals surface area contributed by atoms with Gasteiger partial charge in [0.15, 0.2) is 5.76 Å². The highest BCUT2D eigenvalue weighted by Gasteiger charge is 2.05. The summed E-state index contributed by atoms with van der Waals surface area (Å²) in [5, 5.41) is 7.30. The zero-order valence-electron chi connectivity index (χ0n) is 12.1. The van der Waals surface area contributed by atoms with Gasteiger partial charge in [-0.1, -0.05) is 19.0 Å². The molecule has 0 aliphatic rings. The number of ether oxygens (including phenoxy) is 1. The average molecular weight is 292 g/mol. The monoisotopic (exact) mass is 292 g/mol. The predicted molar refractivity (Wildman–Crippen MR) is 81.0 cm³/mol. The molecule has 0 aliphatic heterocycles. The third kappa shape index (κ3) is 4.58. The molecule has 0 radical (unpaired) electrons. The minimum atomic E-state index is 0.396.